The number of nitrogens with zero attached hydrogens (tertiary/aromatic N) is 3. The minimum atomic E-state index is -0.813. The van der Waals surface area contributed by atoms with Crippen LogP contribution in [0.15, 0.2) is 53.0 Å². The van der Waals surface area contributed by atoms with Crippen molar-refractivity contribution in [3.63, 3.8) is 0 Å². The van der Waals surface area contributed by atoms with Gasteiger partial charge in [0.25, 0.3) is 0 Å². The van der Waals surface area contributed by atoms with Gasteiger partial charge in [-0.3, -0.25) is 19.3 Å². The van der Waals surface area contributed by atoms with E-state index >= 15 is 0 Å². The number of benzene rings is 2. The van der Waals surface area contributed by atoms with Crippen LogP contribution in [0.5, 0.6) is 5.75 Å². The minimum absolute atomic E-state index is 0.0844. The molecule has 2 aliphatic heterocycles. The summed E-state index contributed by atoms with van der Waals surface area (Å²) in [6.07, 6.45) is -0.0844. The van der Waals surface area contributed by atoms with Crippen molar-refractivity contribution in [2.75, 3.05) is 63.1 Å². The van der Waals surface area contributed by atoms with Gasteiger partial charge in [-0.25, -0.2) is 0 Å². The number of piperazine rings is 2. The maximum Gasteiger partial charge on any atom is 0.243 e. The van der Waals surface area contributed by atoms with Crippen LogP contribution in [-0.4, -0.2) is 86.5 Å². The molecule has 0 aromatic heterocycles. The fourth-order valence-electron chi connectivity index (χ4n) is 4.38. The number of halogens is 1. The third kappa shape index (κ3) is 6.52. The molecule has 2 fully saturated rings. The minimum Gasteiger partial charge on any atom is -0.497 e. The van der Waals surface area contributed by atoms with E-state index in [0.717, 1.165) is 42.1 Å². The summed E-state index contributed by atoms with van der Waals surface area (Å²) in [6.45, 7) is 4.11. The third-order valence-corrected chi connectivity index (χ3v) is 6.86. The van der Waals surface area contributed by atoms with Crippen LogP contribution in [0.4, 0.5) is 11.4 Å². The molecule has 1 unspecified atom stereocenters. The highest BCUT2D eigenvalue weighted by Crippen LogP contribution is 2.21. The van der Waals surface area contributed by atoms with E-state index in [1.165, 1.54) is 0 Å². The molecule has 4 rings (SSSR count). The fraction of sp³-hybridized carbons (Fsp3) is 0.400. The van der Waals surface area contributed by atoms with E-state index in [1.54, 1.807) is 24.1 Å². The Morgan fingerprint density at radius 3 is 2.37 bits per heavy atom. The molecular weight excluding hydrogens is 514 g/mol. The predicted molar refractivity (Wildman–Crippen MR) is 138 cm³/mol. The van der Waals surface area contributed by atoms with Crippen LogP contribution < -0.4 is 20.3 Å². The Balaban J connectivity index is 1.31. The van der Waals surface area contributed by atoms with Gasteiger partial charge < -0.3 is 25.2 Å². The molecule has 2 aliphatic rings. The number of hydrogen-bond donors (Lipinski definition) is 2. The van der Waals surface area contributed by atoms with E-state index in [4.69, 9.17) is 4.74 Å². The highest BCUT2D eigenvalue weighted by molar-refractivity contribution is 9.10. The highest BCUT2D eigenvalue weighted by atomic mass is 79.9. The van der Waals surface area contributed by atoms with E-state index in [2.05, 4.69) is 36.4 Å². The highest BCUT2D eigenvalue weighted by Gasteiger charge is 2.35. The maximum absolute atomic E-state index is 13.2. The predicted octanol–water partition coefficient (Wildman–Crippen LogP) is 1.94. The number of carbonyl (C=O) groups is 3. The molecule has 0 saturated carbocycles. The summed E-state index contributed by atoms with van der Waals surface area (Å²) < 4.78 is 6.13. The molecule has 2 heterocycles. The van der Waals surface area contributed by atoms with Gasteiger partial charge in [0.05, 0.1) is 20.1 Å². The van der Waals surface area contributed by atoms with Gasteiger partial charge in [-0.2, -0.15) is 0 Å². The third-order valence-electron chi connectivity index (χ3n) is 6.33. The maximum atomic E-state index is 13.2. The second kappa shape index (κ2) is 11.5. The molecular formula is C25H30BrN5O4. The van der Waals surface area contributed by atoms with Gasteiger partial charge in [0.15, 0.2) is 0 Å². The lowest BCUT2D eigenvalue weighted by atomic mass is 10.1. The molecule has 2 aromatic carbocycles. The van der Waals surface area contributed by atoms with Gasteiger partial charge in [-0.05, 0) is 48.5 Å². The monoisotopic (exact) mass is 543 g/mol. The summed E-state index contributed by atoms with van der Waals surface area (Å²) in [6, 6.07) is 14.4. The molecule has 186 valence electrons. The Labute approximate surface area is 213 Å². The molecule has 0 bridgehead atoms. The zero-order valence-corrected chi connectivity index (χ0v) is 21.3. The van der Waals surface area contributed by atoms with Crippen molar-refractivity contribution in [3.8, 4) is 5.75 Å². The Hall–Kier alpha value is -3.11. The van der Waals surface area contributed by atoms with Crippen molar-refractivity contribution in [1.82, 2.24) is 15.1 Å². The Morgan fingerprint density at radius 1 is 1.03 bits per heavy atom. The van der Waals surface area contributed by atoms with E-state index in [1.807, 2.05) is 36.4 Å². The van der Waals surface area contributed by atoms with E-state index < -0.39 is 6.04 Å². The number of nitrogens with one attached hydrogen (secondary N) is 2. The number of ether oxygens (including phenoxy) is 1. The van der Waals surface area contributed by atoms with Crippen molar-refractivity contribution in [2.45, 2.75) is 12.5 Å². The van der Waals surface area contributed by atoms with Gasteiger partial charge in [0, 0.05) is 55.1 Å². The molecule has 1 atom stereocenters. The SMILES string of the molecule is COc1ccc(N2CCN(CC(=O)N3CCNC(=O)C3CC(=O)Nc3ccc(Br)cc3)CC2)cc1. The topological polar surface area (TPSA) is 94.2 Å². The number of methoxy groups -OCH3 is 1. The number of carbonyl (C=O) groups excluding carboxylic acids is 3. The fourth-order valence-corrected chi connectivity index (χ4v) is 4.64. The molecule has 3 amide bonds. The normalized spacial score (nSPS) is 18.7. The largest absolute Gasteiger partial charge is 0.497 e. The van der Waals surface area contributed by atoms with Crippen LogP contribution in [0.1, 0.15) is 6.42 Å². The summed E-state index contributed by atoms with van der Waals surface area (Å²) in [5, 5.41) is 5.59. The average molecular weight is 544 g/mol. The first-order chi connectivity index (χ1) is 16.9. The molecule has 9 nitrogen and oxygen atoms in total. The summed E-state index contributed by atoms with van der Waals surface area (Å²) in [5.74, 6) is 0.1000. The van der Waals surface area contributed by atoms with Gasteiger partial charge >= 0.3 is 0 Å². The molecule has 2 saturated heterocycles. The van der Waals surface area contributed by atoms with Gasteiger partial charge in [-0.15, -0.1) is 0 Å². The lowest BCUT2D eigenvalue weighted by molar-refractivity contribution is -0.145. The number of anilines is 2. The van der Waals surface area contributed by atoms with Crippen LogP contribution in [0.2, 0.25) is 0 Å². The number of rotatable bonds is 7. The zero-order valence-electron chi connectivity index (χ0n) is 19.7. The average Bonchev–Trinajstić information content (AvgIpc) is 2.87. The standard InChI is InChI=1S/C25H30BrN5O4/c1-35-21-8-6-20(7-9-21)30-14-12-29(13-15-30)17-24(33)31-11-10-27-25(34)22(31)16-23(32)28-19-4-2-18(26)3-5-19/h2-9,22H,10-17H2,1H3,(H,27,34)(H,28,32). The van der Waals surface area contributed by atoms with Crippen molar-refractivity contribution in [3.05, 3.63) is 53.0 Å². The Kier molecular flexibility index (Phi) is 8.25. The van der Waals surface area contributed by atoms with Gasteiger partial charge in [0.2, 0.25) is 17.7 Å². The lowest BCUT2D eigenvalue weighted by Gasteiger charge is -2.39. The first kappa shape index (κ1) is 25.0. The summed E-state index contributed by atoms with van der Waals surface area (Å²) in [4.78, 5) is 44.3. The van der Waals surface area contributed by atoms with Crippen LogP contribution in [0.25, 0.3) is 0 Å². The van der Waals surface area contributed by atoms with Crippen molar-refractivity contribution in [1.29, 1.82) is 0 Å². The number of amides is 3. The first-order valence-electron chi connectivity index (χ1n) is 11.7. The molecule has 35 heavy (non-hydrogen) atoms. The van der Waals surface area contributed by atoms with Gasteiger partial charge in [-0.1, -0.05) is 15.9 Å². The molecule has 2 aromatic rings. The molecule has 2 N–H and O–H groups in total. The molecule has 0 radical (unpaired) electrons. The summed E-state index contributed by atoms with van der Waals surface area (Å²) >= 11 is 3.36. The van der Waals surface area contributed by atoms with E-state index in [-0.39, 0.29) is 30.7 Å². The lowest BCUT2D eigenvalue weighted by Crippen LogP contribution is -2.60. The Bertz CT molecular complexity index is 1040. The van der Waals surface area contributed by atoms with Crippen molar-refractivity contribution < 1.29 is 19.1 Å². The first-order valence-corrected chi connectivity index (χ1v) is 12.5. The quantitative estimate of drug-likeness (QED) is 0.554. The summed E-state index contributed by atoms with van der Waals surface area (Å²) in [5.41, 5.74) is 1.77. The smallest absolute Gasteiger partial charge is 0.243 e. The zero-order chi connectivity index (χ0) is 24.8. The number of hydrogen-bond acceptors (Lipinski definition) is 6. The van der Waals surface area contributed by atoms with Crippen LogP contribution in [0.3, 0.4) is 0 Å². The van der Waals surface area contributed by atoms with E-state index in [9.17, 15) is 14.4 Å². The van der Waals surface area contributed by atoms with Crippen molar-refractivity contribution >= 4 is 45.0 Å². The Morgan fingerprint density at radius 2 is 1.71 bits per heavy atom. The van der Waals surface area contributed by atoms with Gasteiger partial charge in [0.1, 0.15) is 11.8 Å². The van der Waals surface area contributed by atoms with Crippen LogP contribution in [0, 0.1) is 0 Å². The summed E-state index contributed by atoms with van der Waals surface area (Å²) in [7, 11) is 1.65. The van der Waals surface area contributed by atoms with Crippen LogP contribution >= 0.6 is 15.9 Å². The van der Waals surface area contributed by atoms with Crippen LogP contribution in [-0.2, 0) is 14.4 Å². The van der Waals surface area contributed by atoms with E-state index in [0.29, 0.717) is 18.8 Å². The molecule has 0 spiro atoms. The second-order valence-corrected chi connectivity index (χ2v) is 9.53. The van der Waals surface area contributed by atoms with Crippen molar-refractivity contribution in [2.24, 2.45) is 0 Å². The molecule has 0 aliphatic carbocycles. The second-order valence-electron chi connectivity index (χ2n) is 8.61. The molecule has 10 heteroatoms.